The highest BCUT2D eigenvalue weighted by Crippen LogP contribution is 2.25. The van der Waals surface area contributed by atoms with Crippen molar-refractivity contribution in [2.75, 3.05) is 6.54 Å². The van der Waals surface area contributed by atoms with E-state index in [1.165, 1.54) is 4.90 Å². The van der Waals surface area contributed by atoms with Crippen LogP contribution in [0.4, 0.5) is 13.2 Å². The molecule has 1 atom stereocenters. The molecule has 0 aromatic heterocycles. The van der Waals surface area contributed by atoms with E-state index in [2.05, 4.69) is 0 Å². The van der Waals surface area contributed by atoms with Gasteiger partial charge in [-0.25, -0.2) is 0 Å². The van der Waals surface area contributed by atoms with Crippen LogP contribution in [0.3, 0.4) is 0 Å². The van der Waals surface area contributed by atoms with Gasteiger partial charge in [0.2, 0.25) is 0 Å². The molecule has 0 aromatic carbocycles. The first kappa shape index (κ1) is 14.5. The number of Topliss-reactive ketones (excluding diaryl/α,β-unsaturated/α-hetero) is 1. The number of carbonyl (C=O) groups is 1. The number of hydrogen-bond donors (Lipinski definition) is 0. The summed E-state index contributed by atoms with van der Waals surface area (Å²) in [6, 6.07) is -0.803. The van der Waals surface area contributed by atoms with Gasteiger partial charge in [-0.1, -0.05) is 12.8 Å². The summed E-state index contributed by atoms with van der Waals surface area (Å²) in [5.74, 6) is -0.0274. The predicted octanol–water partition coefficient (Wildman–Crippen LogP) is 3.16. The van der Waals surface area contributed by atoms with Gasteiger partial charge in [0.1, 0.15) is 5.78 Å². The lowest BCUT2D eigenvalue weighted by molar-refractivity contribution is -0.158. The Kier molecular flexibility index (Phi) is 4.98. The van der Waals surface area contributed by atoms with Gasteiger partial charge < -0.3 is 0 Å². The van der Waals surface area contributed by atoms with Crippen molar-refractivity contribution >= 4 is 5.78 Å². The molecule has 1 saturated carbocycles. The average molecular weight is 251 g/mol. The van der Waals surface area contributed by atoms with E-state index in [-0.39, 0.29) is 11.8 Å². The Bertz CT molecular complexity index is 263. The van der Waals surface area contributed by atoms with Gasteiger partial charge in [-0.15, -0.1) is 0 Å². The van der Waals surface area contributed by atoms with E-state index in [4.69, 9.17) is 0 Å². The van der Waals surface area contributed by atoms with Crippen LogP contribution in [-0.4, -0.2) is 35.5 Å². The molecule has 1 fully saturated rings. The zero-order valence-corrected chi connectivity index (χ0v) is 10.4. The SMILES string of the molecule is CC(C)N(CC(F)(F)F)C1CCCCCC1=O. The molecule has 1 rings (SSSR count). The Morgan fingerprint density at radius 1 is 1.29 bits per heavy atom. The fourth-order valence-corrected chi connectivity index (χ4v) is 2.35. The van der Waals surface area contributed by atoms with Gasteiger partial charge in [0.15, 0.2) is 0 Å². The number of alkyl halides is 3. The quantitative estimate of drug-likeness (QED) is 0.718. The number of ketones is 1. The largest absolute Gasteiger partial charge is 0.401 e. The molecule has 2 nitrogen and oxygen atoms in total. The number of halogens is 3. The van der Waals surface area contributed by atoms with E-state index in [1.54, 1.807) is 13.8 Å². The van der Waals surface area contributed by atoms with Gasteiger partial charge >= 0.3 is 6.18 Å². The lowest BCUT2D eigenvalue weighted by Gasteiger charge is -2.34. The lowest BCUT2D eigenvalue weighted by atomic mass is 10.0. The molecule has 1 aliphatic carbocycles. The summed E-state index contributed by atoms with van der Waals surface area (Å²) in [6.07, 6.45) is -0.652. The Morgan fingerprint density at radius 2 is 1.94 bits per heavy atom. The minimum Gasteiger partial charge on any atom is -0.298 e. The van der Waals surface area contributed by atoms with Crippen LogP contribution in [0.15, 0.2) is 0 Å². The summed E-state index contributed by atoms with van der Waals surface area (Å²) in [4.78, 5) is 13.1. The highest BCUT2D eigenvalue weighted by molar-refractivity contribution is 5.84. The Hall–Kier alpha value is -0.580. The van der Waals surface area contributed by atoms with Gasteiger partial charge in [-0.3, -0.25) is 9.69 Å². The second-order valence-electron chi connectivity index (χ2n) is 4.96. The van der Waals surface area contributed by atoms with E-state index >= 15 is 0 Å². The van der Waals surface area contributed by atoms with Crippen molar-refractivity contribution in [2.45, 2.75) is 64.2 Å². The minimum atomic E-state index is -4.24. The van der Waals surface area contributed by atoms with Crippen molar-refractivity contribution in [3.8, 4) is 0 Å². The first-order valence-corrected chi connectivity index (χ1v) is 6.16. The van der Waals surface area contributed by atoms with E-state index in [0.29, 0.717) is 12.8 Å². The third kappa shape index (κ3) is 4.66. The van der Waals surface area contributed by atoms with Crippen LogP contribution in [0.1, 0.15) is 46.0 Å². The van der Waals surface area contributed by atoms with Gasteiger partial charge in [0, 0.05) is 12.5 Å². The van der Waals surface area contributed by atoms with E-state index in [0.717, 1.165) is 19.3 Å². The molecule has 0 heterocycles. The monoisotopic (exact) mass is 251 g/mol. The highest BCUT2D eigenvalue weighted by Gasteiger charge is 2.37. The topological polar surface area (TPSA) is 20.3 Å². The molecule has 0 saturated heterocycles. The molecule has 1 aliphatic rings. The third-order valence-electron chi connectivity index (χ3n) is 3.20. The lowest BCUT2D eigenvalue weighted by Crippen LogP contribution is -2.49. The Morgan fingerprint density at radius 3 is 2.47 bits per heavy atom. The molecule has 5 heteroatoms. The van der Waals surface area contributed by atoms with Crippen LogP contribution in [0, 0.1) is 0 Å². The maximum atomic E-state index is 12.5. The fraction of sp³-hybridized carbons (Fsp3) is 0.917. The summed E-state index contributed by atoms with van der Waals surface area (Å²) in [7, 11) is 0. The molecule has 0 N–H and O–H groups in total. The molecule has 17 heavy (non-hydrogen) atoms. The van der Waals surface area contributed by atoms with Crippen molar-refractivity contribution in [2.24, 2.45) is 0 Å². The Balaban J connectivity index is 2.77. The standard InChI is InChI=1S/C12H20F3NO/c1-9(2)16(8-12(13,14)15)10-6-4-3-5-7-11(10)17/h9-10H,3-8H2,1-2H3. The Labute approximate surface area is 100 Å². The number of rotatable bonds is 3. The van der Waals surface area contributed by atoms with E-state index in [1.807, 2.05) is 0 Å². The van der Waals surface area contributed by atoms with Crippen LogP contribution in [0.25, 0.3) is 0 Å². The second-order valence-corrected chi connectivity index (χ2v) is 4.96. The minimum absolute atomic E-state index is 0.0274. The maximum Gasteiger partial charge on any atom is 0.401 e. The summed E-state index contributed by atoms with van der Waals surface area (Å²) in [6.45, 7) is 2.44. The van der Waals surface area contributed by atoms with Crippen molar-refractivity contribution in [3.05, 3.63) is 0 Å². The maximum absolute atomic E-state index is 12.5. The van der Waals surface area contributed by atoms with Crippen LogP contribution in [-0.2, 0) is 4.79 Å². The van der Waals surface area contributed by atoms with Gasteiger partial charge in [-0.2, -0.15) is 13.2 Å². The van der Waals surface area contributed by atoms with Crippen molar-refractivity contribution in [1.29, 1.82) is 0 Å². The molecule has 0 spiro atoms. The average Bonchev–Trinajstić information content (AvgIpc) is 2.38. The first-order chi connectivity index (χ1) is 7.81. The molecule has 100 valence electrons. The fourth-order valence-electron chi connectivity index (χ4n) is 2.35. The molecular formula is C12H20F3NO. The third-order valence-corrected chi connectivity index (χ3v) is 3.20. The molecule has 0 radical (unpaired) electrons. The second kappa shape index (κ2) is 5.85. The van der Waals surface area contributed by atoms with Crippen LogP contribution in [0.5, 0.6) is 0 Å². The number of hydrogen-bond acceptors (Lipinski definition) is 2. The summed E-state index contributed by atoms with van der Waals surface area (Å²) in [5.41, 5.74) is 0. The smallest absolute Gasteiger partial charge is 0.298 e. The molecule has 0 aliphatic heterocycles. The van der Waals surface area contributed by atoms with Crippen LogP contribution in [0.2, 0.25) is 0 Å². The molecule has 1 unspecified atom stereocenters. The van der Waals surface area contributed by atoms with Gasteiger partial charge in [-0.05, 0) is 26.7 Å². The molecule has 0 bridgehead atoms. The van der Waals surface area contributed by atoms with Crippen molar-refractivity contribution < 1.29 is 18.0 Å². The molecule has 0 aromatic rings. The normalized spacial score (nSPS) is 23.2. The highest BCUT2D eigenvalue weighted by atomic mass is 19.4. The summed E-state index contributed by atoms with van der Waals surface area (Å²) in [5, 5.41) is 0. The number of carbonyl (C=O) groups excluding carboxylic acids is 1. The van der Waals surface area contributed by atoms with E-state index < -0.39 is 18.8 Å². The summed E-state index contributed by atoms with van der Waals surface area (Å²) < 4.78 is 37.5. The predicted molar refractivity (Wildman–Crippen MR) is 59.8 cm³/mol. The zero-order valence-electron chi connectivity index (χ0n) is 10.4. The molecule has 0 amide bonds. The van der Waals surface area contributed by atoms with Gasteiger partial charge in [0.05, 0.1) is 12.6 Å². The molecular weight excluding hydrogens is 231 g/mol. The van der Waals surface area contributed by atoms with Crippen LogP contribution < -0.4 is 0 Å². The number of nitrogens with zero attached hydrogens (tertiary/aromatic N) is 1. The van der Waals surface area contributed by atoms with Crippen molar-refractivity contribution in [1.82, 2.24) is 4.90 Å². The van der Waals surface area contributed by atoms with Crippen molar-refractivity contribution in [3.63, 3.8) is 0 Å². The summed E-state index contributed by atoms with van der Waals surface area (Å²) >= 11 is 0. The first-order valence-electron chi connectivity index (χ1n) is 6.16. The van der Waals surface area contributed by atoms with Gasteiger partial charge in [0.25, 0.3) is 0 Å². The zero-order chi connectivity index (χ0) is 13.1. The van der Waals surface area contributed by atoms with Crippen LogP contribution >= 0.6 is 0 Å². The van der Waals surface area contributed by atoms with E-state index in [9.17, 15) is 18.0 Å².